The maximum Gasteiger partial charge on any atom is 0.414 e. The Hall–Kier alpha value is 0.0425. The molecule has 0 unspecified atom stereocenters. The lowest BCUT2D eigenvalue weighted by atomic mass is 10.2. The fourth-order valence-electron chi connectivity index (χ4n) is 0.677. The minimum absolute atomic E-state index is 0.453. The van der Waals surface area contributed by atoms with Crippen LogP contribution in [-0.2, 0) is 0 Å². The van der Waals surface area contributed by atoms with Gasteiger partial charge in [0, 0.05) is 0 Å². The molecule has 0 fully saturated rings. The molecule has 1 aromatic carbocycles. The summed E-state index contributed by atoms with van der Waals surface area (Å²) < 4.78 is 1.32. The van der Waals surface area contributed by atoms with E-state index in [0.717, 1.165) is 0 Å². The molecule has 0 bridgehead atoms. The predicted molar refractivity (Wildman–Crippen MR) is 54.8 cm³/mol. The van der Waals surface area contributed by atoms with E-state index in [4.69, 9.17) is 10.0 Å². The van der Waals surface area contributed by atoms with Gasteiger partial charge in [0.25, 0.3) is 0 Å². The summed E-state index contributed by atoms with van der Waals surface area (Å²) in [5, 5.41) is 0. The molecule has 0 amide bonds. The zero-order chi connectivity index (χ0) is 8.69. The number of hydrogen-bond donors (Lipinski definition) is 0. The van der Waals surface area contributed by atoms with Crippen LogP contribution in [-0.4, -0.2) is 14.3 Å². The molecular weight excluding hydrogens is 171 g/mol. The Morgan fingerprint density at radius 1 is 1.18 bits per heavy atom. The summed E-state index contributed by atoms with van der Waals surface area (Å²) in [7, 11) is 5.72. The molecule has 0 aliphatic carbocycles. The maximum absolute atomic E-state index is 5.72. The van der Waals surface area contributed by atoms with E-state index in [9.17, 15) is 0 Å². The third-order valence-corrected chi connectivity index (χ3v) is 2.98. The number of rotatable bonds is 1. The second-order valence-electron chi connectivity index (χ2n) is 2.12. The van der Waals surface area contributed by atoms with Gasteiger partial charge in [0.15, 0.2) is 0 Å². The second-order valence-corrected chi connectivity index (χ2v) is 4.00. The average Bonchev–Trinajstić information content (AvgIpc) is 2.10. The van der Waals surface area contributed by atoms with E-state index in [0.29, 0.717) is 0 Å². The van der Waals surface area contributed by atoms with Crippen molar-refractivity contribution in [2.45, 2.75) is 13.8 Å². The lowest BCUT2D eigenvalue weighted by Crippen LogP contribution is -2.06. The van der Waals surface area contributed by atoms with E-state index in [1.165, 1.54) is 9.99 Å². The van der Waals surface area contributed by atoms with Crippen molar-refractivity contribution >= 4 is 28.8 Å². The van der Waals surface area contributed by atoms with Crippen LogP contribution < -0.4 is 4.43 Å². The fraction of sp³-hybridized carbons (Fsp3) is 0.222. The summed E-state index contributed by atoms with van der Waals surface area (Å²) in [5.74, 6) is 0. The Morgan fingerprint density at radius 3 is 2.00 bits per heavy atom. The third kappa shape index (κ3) is 4.48. The van der Waals surface area contributed by atoms with Crippen molar-refractivity contribution in [3.63, 3.8) is 0 Å². The van der Waals surface area contributed by atoms with Gasteiger partial charge in [0.1, 0.15) is 0 Å². The Kier molecular flexibility index (Phi) is 6.76. The van der Waals surface area contributed by atoms with Crippen molar-refractivity contribution in [1.82, 2.24) is 0 Å². The molecule has 1 rings (SSSR count). The molecule has 1 aromatic rings. The van der Waals surface area contributed by atoms with Gasteiger partial charge in [-0.3, -0.25) is 10.0 Å². The summed E-state index contributed by atoms with van der Waals surface area (Å²) in [6.07, 6.45) is 0. The largest absolute Gasteiger partial charge is 0.414 e. The molecule has 0 spiro atoms. The SMILES string of the molecule is Cc1cc[c]([AlH][Cl])cc1.[CH2]C. The lowest BCUT2D eigenvalue weighted by molar-refractivity contribution is 1.49. The van der Waals surface area contributed by atoms with Gasteiger partial charge in [-0.1, -0.05) is 48.1 Å². The molecule has 0 N–H and O–H groups in total. The maximum atomic E-state index is 5.72. The normalized spacial score (nSPS) is 8.00. The topological polar surface area (TPSA) is 0 Å². The molecule has 0 heterocycles. The summed E-state index contributed by atoms with van der Waals surface area (Å²) in [5.41, 5.74) is 1.30. The van der Waals surface area contributed by atoms with Crippen molar-refractivity contribution < 1.29 is 0 Å². The zero-order valence-electron chi connectivity index (χ0n) is 7.10. The van der Waals surface area contributed by atoms with Crippen molar-refractivity contribution in [1.29, 1.82) is 0 Å². The minimum atomic E-state index is -0.453. The monoisotopic (exact) mass is 183 g/mol. The van der Waals surface area contributed by atoms with Crippen LogP contribution in [0.2, 0.25) is 0 Å². The Bertz CT molecular complexity index is 181. The molecule has 0 aliphatic heterocycles. The molecule has 2 heteroatoms. The molecule has 0 saturated heterocycles. The van der Waals surface area contributed by atoms with E-state index in [-0.39, 0.29) is 0 Å². The highest BCUT2D eigenvalue weighted by Crippen LogP contribution is 1.92. The van der Waals surface area contributed by atoms with Crippen molar-refractivity contribution in [3.8, 4) is 0 Å². The Balaban J connectivity index is 0.000000461. The van der Waals surface area contributed by atoms with Crippen molar-refractivity contribution in [2.24, 2.45) is 0 Å². The smallest absolute Gasteiger partial charge is 0.260 e. The summed E-state index contributed by atoms with van der Waals surface area (Å²) in [4.78, 5) is 0. The summed E-state index contributed by atoms with van der Waals surface area (Å²) in [6, 6.07) is 8.42. The number of benzene rings is 1. The molecule has 0 atom stereocenters. The molecule has 0 aliphatic rings. The molecule has 11 heavy (non-hydrogen) atoms. The van der Waals surface area contributed by atoms with Crippen LogP contribution in [0.3, 0.4) is 0 Å². The standard InChI is InChI=1S/C7H7.C2H5.Al.ClH.H/c1-7-5-3-2-4-6-7;1-2;;;/h3-6H,1H3;1H2,2H3;;1H;/q;;+1;;/p-1. The van der Waals surface area contributed by atoms with Crippen LogP contribution in [0.4, 0.5) is 0 Å². The van der Waals surface area contributed by atoms with E-state index in [1.807, 2.05) is 0 Å². The van der Waals surface area contributed by atoms with Crippen LogP contribution in [0.5, 0.6) is 0 Å². The zero-order valence-corrected chi connectivity index (χ0v) is 9.27. The first-order chi connectivity index (χ1) is 5.33. The highest BCUT2D eigenvalue weighted by molar-refractivity contribution is 7.01. The fourth-order valence-corrected chi connectivity index (χ4v) is 1.63. The third-order valence-electron chi connectivity index (χ3n) is 1.27. The summed E-state index contributed by atoms with van der Waals surface area (Å²) in [6.45, 7) is 7.08. The van der Waals surface area contributed by atoms with Gasteiger partial charge in [-0.15, -0.1) is 0 Å². The van der Waals surface area contributed by atoms with Gasteiger partial charge >= 0.3 is 14.3 Å². The molecule has 59 valence electrons. The first-order valence-electron chi connectivity index (χ1n) is 3.65. The first-order valence-corrected chi connectivity index (χ1v) is 6.49. The minimum Gasteiger partial charge on any atom is -0.260 e. The van der Waals surface area contributed by atoms with Crippen LogP contribution >= 0.6 is 10.0 Å². The van der Waals surface area contributed by atoms with Crippen molar-refractivity contribution in [2.75, 3.05) is 0 Å². The van der Waals surface area contributed by atoms with Gasteiger partial charge in [-0.25, -0.2) is 0 Å². The average molecular weight is 184 g/mol. The van der Waals surface area contributed by atoms with Gasteiger partial charge in [-0.2, -0.15) is 0 Å². The number of aryl methyl sites for hydroxylation is 1. The highest BCUT2D eigenvalue weighted by Gasteiger charge is 1.90. The van der Waals surface area contributed by atoms with E-state index in [1.54, 1.807) is 6.92 Å². The Morgan fingerprint density at radius 2 is 1.64 bits per heavy atom. The predicted octanol–water partition coefficient (Wildman–Crippen LogP) is 2.05. The molecule has 1 radical (unpaired) electrons. The van der Waals surface area contributed by atoms with Crippen LogP contribution in [0.1, 0.15) is 12.5 Å². The Labute approximate surface area is 79.5 Å². The van der Waals surface area contributed by atoms with Gasteiger partial charge in [-0.05, 0) is 6.92 Å². The van der Waals surface area contributed by atoms with Crippen LogP contribution in [0.25, 0.3) is 0 Å². The van der Waals surface area contributed by atoms with Gasteiger partial charge in [0.2, 0.25) is 0 Å². The first kappa shape index (κ1) is 11.0. The van der Waals surface area contributed by atoms with E-state index < -0.39 is 14.3 Å². The lowest BCUT2D eigenvalue weighted by Gasteiger charge is -1.92. The molecule has 0 nitrogen and oxygen atoms in total. The number of halogens is 1. The second kappa shape index (κ2) is 6.73. The number of hydrogen-bond acceptors (Lipinski definition) is 0. The van der Waals surface area contributed by atoms with Crippen LogP contribution in [0.15, 0.2) is 24.3 Å². The van der Waals surface area contributed by atoms with Gasteiger partial charge < -0.3 is 0 Å². The molecule has 0 saturated carbocycles. The highest BCUT2D eigenvalue weighted by atomic mass is 35.6. The molecule has 0 aromatic heterocycles. The summed E-state index contributed by atoms with van der Waals surface area (Å²) >= 11 is -0.453. The van der Waals surface area contributed by atoms with Crippen molar-refractivity contribution in [3.05, 3.63) is 36.8 Å². The molecular formula is C9H13AlCl. The quantitative estimate of drug-likeness (QED) is 0.585. The van der Waals surface area contributed by atoms with E-state index in [2.05, 4.69) is 38.1 Å². The van der Waals surface area contributed by atoms with E-state index >= 15 is 0 Å². The van der Waals surface area contributed by atoms with Gasteiger partial charge in [0.05, 0.1) is 0 Å². The van der Waals surface area contributed by atoms with Crippen LogP contribution in [0, 0.1) is 13.8 Å².